The molecule has 1 atom stereocenters. The molecule has 0 aromatic heterocycles. The molecule has 2 rings (SSSR count). The maximum absolute atomic E-state index is 12.2. The van der Waals surface area contributed by atoms with Gasteiger partial charge in [-0.3, -0.25) is 0 Å². The third-order valence-electron chi connectivity index (χ3n) is 5.19. The van der Waals surface area contributed by atoms with Crippen molar-refractivity contribution in [3.63, 3.8) is 0 Å². The predicted molar refractivity (Wildman–Crippen MR) is 107 cm³/mol. The molecule has 1 aromatic carbocycles. The van der Waals surface area contributed by atoms with Crippen LogP contribution in [-0.4, -0.2) is 18.7 Å². The average Bonchev–Trinajstić information content (AvgIpc) is 2.67. The first-order chi connectivity index (χ1) is 12.7. The number of esters is 1. The highest BCUT2D eigenvalue weighted by Gasteiger charge is 2.21. The molecule has 0 saturated heterocycles. The van der Waals surface area contributed by atoms with E-state index >= 15 is 0 Å². The Balaban J connectivity index is 1.75. The Hall–Kier alpha value is -1.51. The summed E-state index contributed by atoms with van der Waals surface area (Å²) in [6.45, 7) is 4.97. The summed E-state index contributed by atoms with van der Waals surface area (Å²) in [6.07, 6.45) is 14.5. The van der Waals surface area contributed by atoms with E-state index in [1.165, 1.54) is 44.9 Å². The van der Waals surface area contributed by atoms with E-state index in [0.717, 1.165) is 43.4 Å². The van der Waals surface area contributed by atoms with E-state index in [0.29, 0.717) is 18.3 Å². The predicted octanol–water partition coefficient (Wildman–Crippen LogP) is 6.48. The zero-order valence-electron chi connectivity index (χ0n) is 16.7. The van der Waals surface area contributed by atoms with Crippen molar-refractivity contribution in [1.82, 2.24) is 0 Å². The molecule has 0 N–H and O–H groups in total. The van der Waals surface area contributed by atoms with Crippen LogP contribution in [0.3, 0.4) is 0 Å². The second-order valence-corrected chi connectivity index (χ2v) is 7.50. The second kappa shape index (κ2) is 12.0. The number of hydrogen-bond donors (Lipinski definition) is 0. The standard InChI is InChI=1S/C23H36O3/c1-3-5-7-9-11-17-25-23(24)20-14-16-22-19(18-20)13-15-21(26-22)12-10-8-6-4-2/h14,16,18,21H,3-13,15,17H2,1-2H3/t21-/m0/s1. The Labute approximate surface area is 159 Å². The third kappa shape index (κ3) is 7.01. The topological polar surface area (TPSA) is 35.5 Å². The number of unbranched alkanes of at least 4 members (excludes halogenated alkanes) is 7. The molecule has 26 heavy (non-hydrogen) atoms. The lowest BCUT2D eigenvalue weighted by Crippen LogP contribution is -2.23. The first-order valence-electron chi connectivity index (χ1n) is 10.7. The number of carbonyl (C=O) groups is 1. The summed E-state index contributed by atoms with van der Waals surface area (Å²) >= 11 is 0. The lowest BCUT2D eigenvalue weighted by Gasteiger charge is -2.26. The summed E-state index contributed by atoms with van der Waals surface area (Å²) in [7, 11) is 0. The largest absolute Gasteiger partial charge is 0.490 e. The van der Waals surface area contributed by atoms with Gasteiger partial charge in [0.25, 0.3) is 0 Å². The van der Waals surface area contributed by atoms with E-state index in [2.05, 4.69) is 13.8 Å². The fraction of sp³-hybridized carbons (Fsp3) is 0.696. The van der Waals surface area contributed by atoms with Gasteiger partial charge in [-0.25, -0.2) is 4.79 Å². The number of fused-ring (bicyclic) bond motifs is 1. The molecule has 0 amide bonds. The average molecular weight is 361 g/mol. The van der Waals surface area contributed by atoms with Gasteiger partial charge in [0.2, 0.25) is 0 Å². The van der Waals surface area contributed by atoms with Crippen molar-refractivity contribution in [2.75, 3.05) is 6.61 Å². The van der Waals surface area contributed by atoms with Gasteiger partial charge < -0.3 is 9.47 Å². The van der Waals surface area contributed by atoms with Crippen molar-refractivity contribution in [2.24, 2.45) is 0 Å². The highest BCUT2D eigenvalue weighted by molar-refractivity contribution is 5.89. The summed E-state index contributed by atoms with van der Waals surface area (Å²) < 4.78 is 11.5. The van der Waals surface area contributed by atoms with Crippen molar-refractivity contribution < 1.29 is 14.3 Å². The molecule has 3 heteroatoms. The van der Waals surface area contributed by atoms with Crippen LogP contribution in [-0.2, 0) is 11.2 Å². The van der Waals surface area contributed by atoms with E-state index in [-0.39, 0.29) is 5.97 Å². The van der Waals surface area contributed by atoms with Crippen LogP contribution < -0.4 is 4.74 Å². The van der Waals surface area contributed by atoms with Gasteiger partial charge in [-0.2, -0.15) is 0 Å². The number of hydrogen-bond acceptors (Lipinski definition) is 3. The smallest absolute Gasteiger partial charge is 0.338 e. The maximum atomic E-state index is 12.2. The molecule has 1 heterocycles. The first-order valence-corrected chi connectivity index (χ1v) is 10.7. The molecule has 0 saturated carbocycles. The van der Waals surface area contributed by atoms with Gasteiger partial charge in [-0.1, -0.05) is 58.8 Å². The number of aryl methyl sites for hydroxylation is 1. The van der Waals surface area contributed by atoms with Crippen molar-refractivity contribution in [3.8, 4) is 5.75 Å². The van der Waals surface area contributed by atoms with E-state index < -0.39 is 0 Å². The summed E-state index contributed by atoms with van der Waals surface area (Å²) in [5, 5.41) is 0. The van der Waals surface area contributed by atoms with Gasteiger partial charge in [0.1, 0.15) is 5.75 Å². The first kappa shape index (κ1) is 20.8. The highest BCUT2D eigenvalue weighted by Crippen LogP contribution is 2.30. The number of benzene rings is 1. The Morgan fingerprint density at radius 1 is 1.04 bits per heavy atom. The van der Waals surface area contributed by atoms with E-state index in [1.54, 1.807) is 0 Å². The second-order valence-electron chi connectivity index (χ2n) is 7.50. The van der Waals surface area contributed by atoms with Crippen molar-refractivity contribution in [2.45, 2.75) is 97.0 Å². The zero-order chi connectivity index (χ0) is 18.6. The van der Waals surface area contributed by atoms with E-state index in [1.807, 2.05) is 18.2 Å². The Morgan fingerprint density at radius 2 is 1.77 bits per heavy atom. The molecule has 146 valence electrons. The molecule has 0 spiro atoms. The Bertz CT molecular complexity index is 538. The molecule has 3 nitrogen and oxygen atoms in total. The summed E-state index contributed by atoms with van der Waals surface area (Å²) in [5.41, 5.74) is 1.80. The monoisotopic (exact) mass is 360 g/mol. The quantitative estimate of drug-likeness (QED) is 0.316. The van der Waals surface area contributed by atoms with Crippen LogP contribution >= 0.6 is 0 Å². The van der Waals surface area contributed by atoms with Crippen LogP contribution in [0.4, 0.5) is 0 Å². The summed E-state index contributed by atoms with van der Waals surface area (Å²) in [6, 6.07) is 5.76. The van der Waals surface area contributed by atoms with Crippen LogP contribution in [0.1, 0.15) is 100 Å². The third-order valence-corrected chi connectivity index (χ3v) is 5.19. The van der Waals surface area contributed by atoms with Crippen LogP contribution in [0.2, 0.25) is 0 Å². The van der Waals surface area contributed by atoms with Crippen LogP contribution in [0, 0.1) is 0 Å². The minimum absolute atomic E-state index is 0.204. The van der Waals surface area contributed by atoms with E-state index in [4.69, 9.17) is 9.47 Å². The van der Waals surface area contributed by atoms with Gasteiger partial charge in [0.15, 0.2) is 0 Å². The van der Waals surface area contributed by atoms with Gasteiger partial charge in [-0.05, 0) is 55.9 Å². The molecular formula is C23H36O3. The maximum Gasteiger partial charge on any atom is 0.338 e. The SMILES string of the molecule is CCCCCCCOC(=O)c1ccc2c(c1)CC[C@H](CCCCCC)O2. The lowest BCUT2D eigenvalue weighted by atomic mass is 9.97. The van der Waals surface area contributed by atoms with Crippen molar-refractivity contribution >= 4 is 5.97 Å². The normalized spacial score (nSPS) is 16.0. The summed E-state index contributed by atoms with van der Waals surface area (Å²) in [5.74, 6) is 0.748. The minimum Gasteiger partial charge on any atom is -0.490 e. The van der Waals surface area contributed by atoms with Gasteiger partial charge in [0.05, 0.1) is 18.3 Å². The van der Waals surface area contributed by atoms with Gasteiger partial charge in [0, 0.05) is 0 Å². The summed E-state index contributed by atoms with van der Waals surface area (Å²) in [4.78, 5) is 12.2. The number of carbonyl (C=O) groups excluding carboxylic acids is 1. The van der Waals surface area contributed by atoms with E-state index in [9.17, 15) is 4.79 Å². The fourth-order valence-electron chi connectivity index (χ4n) is 3.53. The number of rotatable bonds is 12. The molecule has 0 unspecified atom stereocenters. The lowest BCUT2D eigenvalue weighted by molar-refractivity contribution is 0.0497. The molecular weight excluding hydrogens is 324 g/mol. The van der Waals surface area contributed by atoms with Crippen LogP contribution in [0.5, 0.6) is 5.75 Å². The van der Waals surface area contributed by atoms with Crippen LogP contribution in [0.25, 0.3) is 0 Å². The molecule has 1 aliphatic rings. The Morgan fingerprint density at radius 3 is 2.54 bits per heavy atom. The molecule has 1 aromatic rings. The minimum atomic E-state index is -0.204. The highest BCUT2D eigenvalue weighted by atomic mass is 16.5. The number of ether oxygens (including phenoxy) is 2. The van der Waals surface area contributed by atoms with Crippen molar-refractivity contribution in [1.29, 1.82) is 0 Å². The molecule has 0 aliphatic carbocycles. The van der Waals surface area contributed by atoms with Crippen molar-refractivity contribution in [3.05, 3.63) is 29.3 Å². The zero-order valence-corrected chi connectivity index (χ0v) is 16.7. The molecule has 0 fully saturated rings. The molecule has 0 bridgehead atoms. The van der Waals surface area contributed by atoms with Gasteiger partial charge >= 0.3 is 5.97 Å². The van der Waals surface area contributed by atoms with Gasteiger partial charge in [-0.15, -0.1) is 0 Å². The fourth-order valence-corrected chi connectivity index (χ4v) is 3.53. The van der Waals surface area contributed by atoms with Crippen LogP contribution in [0.15, 0.2) is 18.2 Å². The Kier molecular flexibility index (Phi) is 9.58. The molecule has 1 aliphatic heterocycles. The molecule has 0 radical (unpaired) electrons.